The Kier molecular flexibility index (Phi) is 3.39. The van der Waals surface area contributed by atoms with Crippen LogP contribution in [0.4, 0.5) is 13.2 Å². The SMILES string of the molecule is O=C(c1cc(F)c(F)c(F)c1)c1ccccc1Cl. The number of hydrogen-bond donors (Lipinski definition) is 0. The Labute approximate surface area is 106 Å². The van der Waals surface area contributed by atoms with E-state index in [4.69, 9.17) is 11.6 Å². The Bertz CT molecular complexity index is 602. The fourth-order valence-electron chi connectivity index (χ4n) is 1.49. The van der Waals surface area contributed by atoms with Gasteiger partial charge in [0.1, 0.15) is 0 Å². The highest BCUT2D eigenvalue weighted by Gasteiger charge is 2.17. The lowest BCUT2D eigenvalue weighted by Gasteiger charge is -2.04. The Balaban J connectivity index is 2.51. The zero-order valence-electron chi connectivity index (χ0n) is 8.88. The lowest BCUT2D eigenvalue weighted by atomic mass is 10.0. The minimum absolute atomic E-state index is 0.101. The summed E-state index contributed by atoms with van der Waals surface area (Å²) in [6.45, 7) is 0. The van der Waals surface area contributed by atoms with Crippen LogP contribution < -0.4 is 0 Å². The van der Waals surface area contributed by atoms with Gasteiger partial charge in [0.15, 0.2) is 23.2 Å². The van der Waals surface area contributed by atoms with Crippen molar-refractivity contribution in [1.82, 2.24) is 0 Å². The molecule has 0 aliphatic rings. The molecule has 5 heteroatoms. The van der Waals surface area contributed by atoms with Crippen LogP contribution in [0.15, 0.2) is 36.4 Å². The van der Waals surface area contributed by atoms with Crippen LogP contribution in [-0.4, -0.2) is 5.78 Å². The number of halogens is 4. The first-order valence-corrected chi connectivity index (χ1v) is 5.32. The van der Waals surface area contributed by atoms with Gasteiger partial charge in [-0.2, -0.15) is 0 Å². The van der Waals surface area contributed by atoms with Crippen LogP contribution in [0, 0.1) is 17.5 Å². The molecule has 0 heterocycles. The Morgan fingerprint density at radius 3 is 2.11 bits per heavy atom. The maximum atomic E-state index is 13.0. The normalized spacial score (nSPS) is 10.4. The number of rotatable bonds is 2. The number of benzene rings is 2. The van der Waals surface area contributed by atoms with E-state index in [0.717, 1.165) is 0 Å². The first kappa shape index (κ1) is 12.6. The monoisotopic (exact) mass is 270 g/mol. The van der Waals surface area contributed by atoms with Gasteiger partial charge in [-0.15, -0.1) is 0 Å². The predicted molar refractivity (Wildman–Crippen MR) is 61.2 cm³/mol. The first-order chi connectivity index (χ1) is 8.50. The lowest BCUT2D eigenvalue weighted by Crippen LogP contribution is -2.05. The number of hydrogen-bond acceptors (Lipinski definition) is 1. The fraction of sp³-hybridized carbons (Fsp3) is 0. The zero-order chi connectivity index (χ0) is 13.3. The quantitative estimate of drug-likeness (QED) is 0.596. The molecule has 0 amide bonds. The minimum Gasteiger partial charge on any atom is -0.289 e. The highest BCUT2D eigenvalue weighted by atomic mass is 35.5. The van der Waals surface area contributed by atoms with Crippen LogP contribution in [0.2, 0.25) is 5.02 Å². The van der Waals surface area contributed by atoms with Crippen LogP contribution in [-0.2, 0) is 0 Å². The summed E-state index contributed by atoms with van der Waals surface area (Å²) in [5.41, 5.74) is -0.191. The van der Waals surface area contributed by atoms with E-state index in [9.17, 15) is 18.0 Å². The van der Waals surface area contributed by atoms with Crippen LogP contribution in [0.1, 0.15) is 15.9 Å². The predicted octanol–water partition coefficient (Wildman–Crippen LogP) is 3.99. The van der Waals surface area contributed by atoms with E-state index in [2.05, 4.69) is 0 Å². The summed E-state index contributed by atoms with van der Waals surface area (Å²) in [4.78, 5) is 11.9. The van der Waals surface area contributed by atoms with Crippen molar-refractivity contribution in [3.63, 3.8) is 0 Å². The summed E-state index contributed by atoms with van der Waals surface area (Å²) in [6.07, 6.45) is 0. The summed E-state index contributed by atoms with van der Waals surface area (Å²) < 4.78 is 38.8. The molecule has 1 nitrogen and oxygen atoms in total. The van der Waals surface area contributed by atoms with Crippen molar-refractivity contribution < 1.29 is 18.0 Å². The third kappa shape index (κ3) is 2.24. The molecule has 0 bridgehead atoms. The van der Waals surface area contributed by atoms with Gasteiger partial charge >= 0.3 is 0 Å². The molecule has 2 rings (SSSR count). The molecule has 18 heavy (non-hydrogen) atoms. The van der Waals surface area contributed by atoms with Crippen LogP contribution in [0.3, 0.4) is 0 Å². The van der Waals surface area contributed by atoms with Gasteiger partial charge in [-0.25, -0.2) is 13.2 Å². The molecule has 92 valence electrons. The van der Waals surface area contributed by atoms with Crippen LogP contribution >= 0.6 is 11.6 Å². The van der Waals surface area contributed by atoms with Gasteiger partial charge in [0, 0.05) is 11.1 Å². The second-order valence-electron chi connectivity index (χ2n) is 3.56. The molecule has 0 saturated heterocycles. The number of carbonyl (C=O) groups excluding carboxylic acids is 1. The topological polar surface area (TPSA) is 17.1 Å². The molecular formula is C13H6ClF3O. The minimum atomic E-state index is -1.61. The van der Waals surface area contributed by atoms with Crippen molar-refractivity contribution in [2.75, 3.05) is 0 Å². The van der Waals surface area contributed by atoms with Gasteiger partial charge in [0.05, 0.1) is 5.02 Å². The molecule has 2 aromatic carbocycles. The molecule has 2 aromatic rings. The largest absolute Gasteiger partial charge is 0.289 e. The standard InChI is InChI=1S/C13H6ClF3O/c14-9-4-2-1-3-8(9)13(18)7-5-10(15)12(17)11(16)6-7/h1-6H. The van der Waals surface area contributed by atoms with Gasteiger partial charge < -0.3 is 0 Å². The average Bonchev–Trinajstić information content (AvgIpc) is 2.35. The third-order valence-electron chi connectivity index (χ3n) is 2.36. The van der Waals surface area contributed by atoms with Crippen LogP contribution in [0.5, 0.6) is 0 Å². The molecule has 0 unspecified atom stereocenters. The van der Waals surface area contributed by atoms with Crippen LogP contribution in [0.25, 0.3) is 0 Å². The summed E-state index contributed by atoms with van der Waals surface area (Å²) in [5, 5.41) is 0.160. The van der Waals surface area contributed by atoms with Gasteiger partial charge in [-0.3, -0.25) is 4.79 Å². The van der Waals surface area contributed by atoms with Gasteiger partial charge in [-0.1, -0.05) is 23.7 Å². The summed E-state index contributed by atoms with van der Waals surface area (Å²) in [7, 11) is 0. The smallest absolute Gasteiger partial charge is 0.194 e. The van der Waals surface area contributed by atoms with Crippen molar-refractivity contribution in [2.24, 2.45) is 0 Å². The Morgan fingerprint density at radius 2 is 1.56 bits per heavy atom. The van der Waals surface area contributed by atoms with Gasteiger partial charge in [0.25, 0.3) is 0 Å². The molecule has 0 fully saturated rings. The third-order valence-corrected chi connectivity index (χ3v) is 2.69. The average molecular weight is 271 g/mol. The zero-order valence-corrected chi connectivity index (χ0v) is 9.64. The Hall–Kier alpha value is -1.81. The highest BCUT2D eigenvalue weighted by Crippen LogP contribution is 2.21. The summed E-state index contributed by atoms with van der Waals surface area (Å²) in [5.74, 6) is -5.10. The molecule has 0 atom stereocenters. The van der Waals surface area contributed by atoms with Crippen molar-refractivity contribution >= 4 is 17.4 Å². The van der Waals surface area contributed by atoms with Crippen molar-refractivity contribution in [2.45, 2.75) is 0 Å². The van der Waals surface area contributed by atoms with Crippen molar-refractivity contribution in [1.29, 1.82) is 0 Å². The molecular weight excluding hydrogens is 265 g/mol. The van der Waals surface area contributed by atoms with E-state index in [1.807, 2.05) is 0 Å². The first-order valence-electron chi connectivity index (χ1n) is 4.94. The molecule has 0 aromatic heterocycles. The van der Waals surface area contributed by atoms with E-state index in [1.54, 1.807) is 12.1 Å². The number of carbonyl (C=O) groups is 1. The van der Waals surface area contributed by atoms with Crippen molar-refractivity contribution in [3.8, 4) is 0 Å². The maximum Gasteiger partial charge on any atom is 0.194 e. The molecule has 0 radical (unpaired) electrons. The molecule has 0 aliphatic carbocycles. The molecule has 0 spiro atoms. The number of ketones is 1. The molecule has 0 N–H and O–H groups in total. The summed E-state index contributed by atoms with van der Waals surface area (Å²) >= 11 is 5.80. The second kappa shape index (κ2) is 4.82. The summed E-state index contributed by atoms with van der Waals surface area (Å²) in [6, 6.07) is 7.36. The molecule has 0 aliphatic heterocycles. The van der Waals surface area contributed by atoms with E-state index >= 15 is 0 Å². The highest BCUT2D eigenvalue weighted by molar-refractivity contribution is 6.34. The Morgan fingerprint density at radius 1 is 1.00 bits per heavy atom. The fourth-order valence-corrected chi connectivity index (χ4v) is 1.71. The van der Waals surface area contributed by atoms with Gasteiger partial charge in [0.2, 0.25) is 0 Å². The van der Waals surface area contributed by atoms with E-state index in [1.165, 1.54) is 12.1 Å². The second-order valence-corrected chi connectivity index (χ2v) is 3.97. The molecule has 0 saturated carbocycles. The van der Waals surface area contributed by atoms with Gasteiger partial charge in [-0.05, 0) is 24.3 Å². The van der Waals surface area contributed by atoms with Crippen molar-refractivity contribution in [3.05, 3.63) is 70.0 Å². The maximum absolute atomic E-state index is 13.0. The lowest BCUT2D eigenvalue weighted by molar-refractivity contribution is 0.103. The van der Waals surface area contributed by atoms with E-state index < -0.39 is 23.2 Å². The van der Waals surface area contributed by atoms with E-state index in [-0.39, 0.29) is 16.1 Å². The van der Waals surface area contributed by atoms with E-state index in [0.29, 0.717) is 12.1 Å².